The normalized spacial score (nSPS) is 14.9. The van der Waals surface area contributed by atoms with Gasteiger partial charge < -0.3 is 9.80 Å². The molecule has 1 saturated heterocycles. The molecule has 6 nitrogen and oxygen atoms in total. The second kappa shape index (κ2) is 6.22. The second-order valence-electron chi connectivity index (χ2n) is 6.44. The van der Waals surface area contributed by atoms with E-state index < -0.39 is 0 Å². The van der Waals surface area contributed by atoms with Crippen molar-refractivity contribution in [3.05, 3.63) is 61.1 Å². The summed E-state index contributed by atoms with van der Waals surface area (Å²) < 4.78 is 0. The number of rotatable bonds is 2. The molecule has 5 rings (SSSR count). The predicted octanol–water partition coefficient (Wildman–Crippen LogP) is 2.90. The lowest BCUT2D eigenvalue weighted by Crippen LogP contribution is -2.47. The van der Waals surface area contributed by atoms with E-state index in [-0.39, 0.29) is 0 Å². The lowest BCUT2D eigenvalue weighted by molar-refractivity contribution is 0.634. The minimum Gasteiger partial charge on any atom is -0.352 e. The molecule has 0 aliphatic carbocycles. The highest BCUT2D eigenvalue weighted by atomic mass is 15.3. The summed E-state index contributed by atoms with van der Waals surface area (Å²) in [6.07, 6.45) is 5.45. The molecule has 0 amide bonds. The van der Waals surface area contributed by atoms with Crippen molar-refractivity contribution >= 4 is 33.6 Å². The Morgan fingerprint density at radius 1 is 0.692 bits per heavy atom. The van der Waals surface area contributed by atoms with Gasteiger partial charge in [-0.05, 0) is 29.0 Å². The Kier molecular flexibility index (Phi) is 3.59. The van der Waals surface area contributed by atoms with Gasteiger partial charge >= 0.3 is 0 Å². The standard InChI is InChI=1S/C20H18N6/c1-2-5-16-13-18-17(12-15(16)4-1)23-14-19(24-18)25-8-10-26(11-9-25)20-21-6-3-7-22-20/h1-7,12-14H,8-11H2. The van der Waals surface area contributed by atoms with E-state index in [9.17, 15) is 0 Å². The zero-order chi connectivity index (χ0) is 17.3. The van der Waals surface area contributed by atoms with Crippen molar-refractivity contribution in [3.63, 3.8) is 0 Å². The largest absolute Gasteiger partial charge is 0.352 e. The Labute approximate surface area is 151 Å². The van der Waals surface area contributed by atoms with Gasteiger partial charge in [-0.3, -0.25) is 4.98 Å². The van der Waals surface area contributed by atoms with E-state index >= 15 is 0 Å². The number of hydrogen-bond donors (Lipinski definition) is 0. The topological polar surface area (TPSA) is 58.0 Å². The van der Waals surface area contributed by atoms with Gasteiger partial charge in [-0.1, -0.05) is 24.3 Å². The Hall–Kier alpha value is -3.28. The molecular formula is C20H18N6. The predicted molar refractivity (Wildman–Crippen MR) is 104 cm³/mol. The molecule has 0 spiro atoms. The molecule has 0 atom stereocenters. The van der Waals surface area contributed by atoms with E-state index in [1.165, 1.54) is 10.8 Å². The molecule has 1 fully saturated rings. The van der Waals surface area contributed by atoms with Crippen molar-refractivity contribution in [3.8, 4) is 0 Å². The third-order valence-electron chi connectivity index (χ3n) is 4.84. The monoisotopic (exact) mass is 342 g/mol. The Balaban J connectivity index is 1.40. The van der Waals surface area contributed by atoms with E-state index in [1.54, 1.807) is 12.4 Å². The van der Waals surface area contributed by atoms with Crippen LogP contribution in [0.15, 0.2) is 61.1 Å². The summed E-state index contributed by atoms with van der Waals surface area (Å²) in [6.45, 7) is 3.51. The molecule has 0 radical (unpaired) electrons. The fourth-order valence-corrected chi connectivity index (χ4v) is 3.43. The molecule has 3 heterocycles. The first-order chi connectivity index (χ1) is 12.9. The Bertz CT molecular complexity index is 1060. The lowest BCUT2D eigenvalue weighted by atomic mass is 10.1. The smallest absolute Gasteiger partial charge is 0.225 e. The molecule has 2 aromatic heterocycles. The summed E-state index contributed by atoms with van der Waals surface area (Å²) in [6, 6.07) is 14.4. The van der Waals surface area contributed by atoms with Gasteiger partial charge in [-0.25, -0.2) is 15.0 Å². The molecule has 1 aliphatic rings. The SMILES string of the molecule is c1cnc(N2CCN(c3cnc4cc5ccccc5cc4n3)CC2)nc1. The fraction of sp³-hybridized carbons (Fsp3) is 0.200. The molecule has 2 aromatic carbocycles. The first-order valence-corrected chi connectivity index (χ1v) is 8.79. The Morgan fingerprint density at radius 2 is 1.35 bits per heavy atom. The van der Waals surface area contributed by atoms with E-state index in [4.69, 9.17) is 4.98 Å². The highest BCUT2D eigenvalue weighted by Crippen LogP contribution is 2.23. The summed E-state index contributed by atoms with van der Waals surface area (Å²) in [7, 11) is 0. The minimum atomic E-state index is 0.795. The maximum atomic E-state index is 4.86. The first-order valence-electron chi connectivity index (χ1n) is 8.79. The second-order valence-corrected chi connectivity index (χ2v) is 6.44. The molecule has 0 N–H and O–H groups in total. The number of nitrogens with zero attached hydrogens (tertiary/aromatic N) is 6. The molecule has 128 valence electrons. The van der Waals surface area contributed by atoms with Gasteiger partial charge in [-0.2, -0.15) is 0 Å². The number of hydrogen-bond acceptors (Lipinski definition) is 6. The highest BCUT2D eigenvalue weighted by molar-refractivity contribution is 5.95. The van der Waals surface area contributed by atoms with Crippen molar-refractivity contribution in [2.24, 2.45) is 0 Å². The summed E-state index contributed by atoms with van der Waals surface area (Å²) in [5.74, 6) is 1.73. The van der Waals surface area contributed by atoms with Crippen molar-refractivity contribution < 1.29 is 0 Å². The summed E-state index contributed by atoms with van der Waals surface area (Å²) in [5.41, 5.74) is 1.87. The molecule has 6 heteroatoms. The molecular weight excluding hydrogens is 324 g/mol. The van der Waals surface area contributed by atoms with Crippen LogP contribution in [0.2, 0.25) is 0 Å². The van der Waals surface area contributed by atoms with Gasteiger partial charge in [-0.15, -0.1) is 0 Å². The molecule has 0 saturated carbocycles. The number of benzene rings is 2. The highest BCUT2D eigenvalue weighted by Gasteiger charge is 2.20. The van der Waals surface area contributed by atoms with Crippen LogP contribution in [-0.4, -0.2) is 46.1 Å². The lowest BCUT2D eigenvalue weighted by Gasteiger charge is -2.35. The van der Waals surface area contributed by atoms with Gasteiger partial charge in [0.05, 0.1) is 17.2 Å². The van der Waals surface area contributed by atoms with Crippen LogP contribution in [0.1, 0.15) is 0 Å². The van der Waals surface area contributed by atoms with Crippen LogP contribution in [0.25, 0.3) is 21.8 Å². The van der Waals surface area contributed by atoms with Gasteiger partial charge in [0.15, 0.2) is 0 Å². The van der Waals surface area contributed by atoms with E-state index in [2.05, 4.69) is 55.1 Å². The van der Waals surface area contributed by atoms with Gasteiger partial charge in [0.2, 0.25) is 5.95 Å². The molecule has 1 aliphatic heterocycles. The molecule has 0 bridgehead atoms. The van der Waals surface area contributed by atoms with Crippen molar-refractivity contribution in [2.75, 3.05) is 36.0 Å². The van der Waals surface area contributed by atoms with E-state index in [1.807, 2.05) is 18.3 Å². The maximum Gasteiger partial charge on any atom is 0.225 e. The van der Waals surface area contributed by atoms with Crippen molar-refractivity contribution in [1.82, 2.24) is 19.9 Å². The minimum absolute atomic E-state index is 0.795. The molecule has 4 aromatic rings. The zero-order valence-corrected chi connectivity index (χ0v) is 14.3. The Morgan fingerprint density at radius 3 is 2.08 bits per heavy atom. The van der Waals surface area contributed by atoms with Crippen LogP contribution in [-0.2, 0) is 0 Å². The van der Waals surface area contributed by atoms with Crippen LogP contribution in [0.5, 0.6) is 0 Å². The average Bonchev–Trinajstić information content (AvgIpc) is 2.72. The number of fused-ring (bicyclic) bond motifs is 2. The molecule has 26 heavy (non-hydrogen) atoms. The third-order valence-corrected chi connectivity index (χ3v) is 4.84. The van der Waals surface area contributed by atoms with Gasteiger partial charge in [0.1, 0.15) is 5.82 Å². The average molecular weight is 342 g/mol. The maximum absolute atomic E-state index is 4.86. The zero-order valence-electron chi connectivity index (χ0n) is 14.3. The fourth-order valence-electron chi connectivity index (χ4n) is 3.43. The summed E-state index contributed by atoms with van der Waals surface area (Å²) in [4.78, 5) is 22.7. The number of aromatic nitrogens is 4. The number of piperazine rings is 1. The van der Waals surface area contributed by atoms with Crippen LogP contribution in [0.4, 0.5) is 11.8 Å². The summed E-state index contributed by atoms with van der Waals surface area (Å²) >= 11 is 0. The summed E-state index contributed by atoms with van der Waals surface area (Å²) in [5, 5.41) is 2.39. The van der Waals surface area contributed by atoms with E-state index in [0.717, 1.165) is 49.0 Å². The quantitative estimate of drug-likeness (QED) is 0.522. The van der Waals surface area contributed by atoms with Crippen molar-refractivity contribution in [1.29, 1.82) is 0 Å². The molecule has 0 unspecified atom stereocenters. The first kappa shape index (κ1) is 15.0. The van der Waals surface area contributed by atoms with Gasteiger partial charge in [0, 0.05) is 38.6 Å². The number of anilines is 2. The van der Waals surface area contributed by atoms with Gasteiger partial charge in [0.25, 0.3) is 0 Å². The third kappa shape index (κ3) is 2.69. The van der Waals surface area contributed by atoms with Crippen LogP contribution >= 0.6 is 0 Å². The van der Waals surface area contributed by atoms with Crippen LogP contribution in [0.3, 0.4) is 0 Å². The van der Waals surface area contributed by atoms with Crippen molar-refractivity contribution in [2.45, 2.75) is 0 Å². The van der Waals surface area contributed by atoms with Crippen LogP contribution < -0.4 is 9.80 Å². The van der Waals surface area contributed by atoms with E-state index in [0.29, 0.717) is 0 Å². The van der Waals surface area contributed by atoms with Crippen LogP contribution in [0, 0.1) is 0 Å².